The summed E-state index contributed by atoms with van der Waals surface area (Å²) in [6, 6.07) is 26.1. The average Bonchev–Trinajstić information content (AvgIpc) is 2.67. The van der Waals surface area contributed by atoms with Gasteiger partial charge >= 0.3 is 0 Å². The molecule has 0 fully saturated rings. The van der Waals surface area contributed by atoms with E-state index in [1.165, 1.54) is 12.1 Å². The SMILES string of the molecule is N#C/C(=C\c1ccc(-c2ccccc2)cc1)c1ccc([N+](=O)[O-])cc1. The fraction of sp³-hybridized carbons (Fsp3) is 0. The molecule has 3 aromatic carbocycles. The molecule has 0 aliphatic heterocycles. The van der Waals surface area contributed by atoms with Gasteiger partial charge in [-0.3, -0.25) is 10.1 Å². The van der Waals surface area contributed by atoms with E-state index in [0.717, 1.165) is 16.7 Å². The van der Waals surface area contributed by atoms with Crippen molar-refractivity contribution in [2.75, 3.05) is 0 Å². The standard InChI is InChI=1S/C21H14N2O2/c22-15-20(19-10-12-21(13-11-19)23(24)25)14-16-6-8-18(9-7-16)17-4-2-1-3-5-17/h1-14H/b20-14+. The van der Waals surface area contributed by atoms with Gasteiger partial charge in [-0.15, -0.1) is 0 Å². The molecule has 4 heteroatoms. The Kier molecular flexibility index (Phi) is 4.68. The maximum atomic E-state index is 10.7. The van der Waals surface area contributed by atoms with Crippen molar-refractivity contribution in [3.63, 3.8) is 0 Å². The van der Waals surface area contributed by atoms with Gasteiger partial charge in [0.1, 0.15) is 0 Å². The third-order valence-corrected chi connectivity index (χ3v) is 3.84. The molecule has 120 valence electrons. The van der Waals surface area contributed by atoms with E-state index in [0.29, 0.717) is 11.1 Å². The van der Waals surface area contributed by atoms with E-state index >= 15 is 0 Å². The van der Waals surface area contributed by atoms with E-state index < -0.39 is 4.92 Å². The topological polar surface area (TPSA) is 66.9 Å². The largest absolute Gasteiger partial charge is 0.269 e. The van der Waals surface area contributed by atoms with Crippen LogP contribution in [0.5, 0.6) is 0 Å². The van der Waals surface area contributed by atoms with Crippen LogP contribution >= 0.6 is 0 Å². The Morgan fingerprint density at radius 1 is 0.880 bits per heavy atom. The number of hydrogen-bond donors (Lipinski definition) is 0. The van der Waals surface area contributed by atoms with Crippen molar-refractivity contribution < 1.29 is 4.92 Å². The summed E-state index contributed by atoms with van der Waals surface area (Å²) in [6.45, 7) is 0. The maximum absolute atomic E-state index is 10.7. The van der Waals surface area contributed by atoms with Crippen molar-refractivity contribution in [1.82, 2.24) is 0 Å². The molecule has 0 bridgehead atoms. The molecule has 0 aliphatic carbocycles. The van der Waals surface area contributed by atoms with Gasteiger partial charge in [-0.05, 0) is 40.5 Å². The number of nitriles is 1. The Balaban J connectivity index is 1.87. The molecule has 0 unspecified atom stereocenters. The first-order chi connectivity index (χ1) is 12.2. The monoisotopic (exact) mass is 326 g/mol. The molecule has 0 saturated carbocycles. The summed E-state index contributed by atoms with van der Waals surface area (Å²) in [7, 11) is 0. The van der Waals surface area contributed by atoms with E-state index in [-0.39, 0.29) is 5.69 Å². The molecule has 4 nitrogen and oxygen atoms in total. The molecule has 3 rings (SSSR count). The van der Waals surface area contributed by atoms with Crippen LogP contribution in [0.3, 0.4) is 0 Å². The predicted molar refractivity (Wildman–Crippen MR) is 98.5 cm³/mol. The van der Waals surface area contributed by atoms with Crippen LogP contribution in [-0.2, 0) is 0 Å². The normalized spacial score (nSPS) is 10.9. The van der Waals surface area contributed by atoms with Crippen LogP contribution in [-0.4, -0.2) is 4.92 Å². The Labute approximate surface area is 145 Å². The number of allylic oxidation sites excluding steroid dienone is 1. The molecule has 0 spiro atoms. The fourth-order valence-electron chi connectivity index (χ4n) is 2.51. The van der Waals surface area contributed by atoms with Gasteiger partial charge < -0.3 is 0 Å². The summed E-state index contributed by atoms with van der Waals surface area (Å²) >= 11 is 0. The van der Waals surface area contributed by atoms with Crippen LogP contribution in [0.15, 0.2) is 78.9 Å². The molecule has 0 atom stereocenters. The molecule has 0 aromatic heterocycles. The Hall–Kier alpha value is -3.71. The Morgan fingerprint density at radius 2 is 1.48 bits per heavy atom. The lowest BCUT2D eigenvalue weighted by Gasteiger charge is -2.03. The number of nitrogens with zero attached hydrogens (tertiary/aromatic N) is 2. The summed E-state index contributed by atoms with van der Waals surface area (Å²) < 4.78 is 0. The molecule has 0 heterocycles. The average molecular weight is 326 g/mol. The van der Waals surface area contributed by atoms with Crippen LogP contribution < -0.4 is 0 Å². The zero-order chi connectivity index (χ0) is 17.6. The number of non-ortho nitro benzene ring substituents is 1. The second kappa shape index (κ2) is 7.24. The van der Waals surface area contributed by atoms with Crippen molar-refractivity contribution in [2.45, 2.75) is 0 Å². The summed E-state index contributed by atoms with van der Waals surface area (Å²) in [5.74, 6) is 0. The number of nitro groups is 1. The molecule has 0 aliphatic rings. The van der Waals surface area contributed by atoms with Gasteiger partial charge in [0.05, 0.1) is 16.6 Å². The minimum absolute atomic E-state index is 0.00764. The number of nitro benzene ring substituents is 1. The van der Waals surface area contributed by atoms with Crippen LogP contribution in [0, 0.1) is 21.4 Å². The molecule has 0 N–H and O–H groups in total. The van der Waals surface area contributed by atoms with Gasteiger partial charge in [-0.1, -0.05) is 54.6 Å². The lowest BCUT2D eigenvalue weighted by molar-refractivity contribution is -0.384. The predicted octanol–water partition coefficient (Wildman–Crippen LogP) is 5.33. The third kappa shape index (κ3) is 3.80. The van der Waals surface area contributed by atoms with Gasteiger partial charge in [0.15, 0.2) is 0 Å². The first-order valence-corrected chi connectivity index (χ1v) is 7.69. The zero-order valence-corrected chi connectivity index (χ0v) is 13.3. The van der Waals surface area contributed by atoms with Crippen molar-refractivity contribution in [2.24, 2.45) is 0 Å². The summed E-state index contributed by atoms with van der Waals surface area (Å²) in [5, 5.41) is 20.1. The zero-order valence-electron chi connectivity index (χ0n) is 13.3. The van der Waals surface area contributed by atoms with Gasteiger partial charge in [0.2, 0.25) is 0 Å². The van der Waals surface area contributed by atoms with Crippen molar-refractivity contribution in [1.29, 1.82) is 5.26 Å². The highest BCUT2D eigenvalue weighted by Crippen LogP contribution is 2.23. The molecule has 0 saturated heterocycles. The van der Waals surface area contributed by atoms with E-state index in [9.17, 15) is 15.4 Å². The van der Waals surface area contributed by atoms with Crippen LogP contribution in [0.4, 0.5) is 5.69 Å². The molecule has 25 heavy (non-hydrogen) atoms. The highest BCUT2D eigenvalue weighted by Gasteiger charge is 2.07. The van der Waals surface area contributed by atoms with Crippen LogP contribution in [0.2, 0.25) is 0 Å². The number of rotatable bonds is 4. The summed E-state index contributed by atoms with van der Waals surface area (Å²) in [5.41, 5.74) is 4.26. The highest BCUT2D eigenvalue weighted by atomic mass is 16.6. The third-order valence-electron chi connectivity index (χ3n) is 3.84. The second-order valence-corrected chi connectivity index (χ2v) is 5.46. The lowest BCUT2D eigenvalue weighted by Crippen LogP contribution is -1.88. The Morgan fingerprint density at radius 3 is 2.04 bits per heavy atom. The first kappa shape index (κ1) is 16.2. The van der Waals surface area contributed by atoms with Crippen molar-refractivity contribution in [3.8, 4) is 17.2 Å². The molecular formula is C21H14N2O2. The number of hydrogen-bond acceptors (Lipinski definition) is 3. The van der Waals surface area contributed by atoms with Crippen molar-refractivity contribution in [3.05, 3.63) is 100 Å². The molecule has 3 aromatic rings. The van der Waals surface area contributed by atoms with Crippen molar-refractivity contribution >= 4 is 17.3 Å². The van der Waals surface area contributed by atoms with Gasteiger partial charge in [-0.2, -0.15) is 5.26 Å². The van der Waals surface area contributed by atoms with E-state index in [1.54, 1.807) is 18.2 Å². The van der Waals surface area contributed by atoms with Gasteiger partial charge in [-0.25, -0.2) is 0 Å². The molecule has 0 amide bonds. The minimum atomic E-state index is -0.457. The van der Waals surface area contributed by atoms with Gasteiger partial charge in [0, 0.05) is 12.1 Å². The van der Waals surface area contributed by atoms with E-state index in [4.69, 9.17) is 0 Å². The lowest BCUT2D eigenvalue weighted by atomic mass is 10.0. The summed E-state index contributed by atoms with van der Waals surface area (Å²) in [6.07, 6.45) is 1.77. The number of benzene rings is 3. The highest BCUT2D eigenvalue weighted by molar-refractivity contribution is 5.90. The summed E-state index contributed by atoms with van der Waals surface area (Å²) in [4.78, 5) is 10.3. The van der Waals surface area contributed by atoms with Crippen LogP contribution in [0.1, 0.15) is 11.1 Å². The Bertz CT molecular complexity index is 952. The first-order valence-electron chi connectivity index (χ1n) is 7.69. The molecular weight excluding hydrogens is 312 g/mol. The van der Waals surface area contributed by atoms with E-state index in [1.807, 2.05) is 54.6 Å². The quantitative estimate of drug-likeness (QED) is 0.282. The van der Waals surface area contributed by atoms with Crippen LogP contribution in [0.25, 0.3) is 22.8 Å². The minimum Gasteiger partial charge on any atom is -0.258 e. The maximum Gasteiger partial charge on any atom is 0.269 e. The van der Waals surface area contributed by atoms with Gasteiger partial charge in [0.25, 0.3) is 5.69 Å². The molecule has 0 radical (unpaired) electrons. The van der Waals surface area contributed by atoms with E-state index in [2.05, 4.69) is 6.07 Å². The second-order valence-electron chi connectivity index (χ2n) is 5.46. The fourth-order valence-corrected chi connectivity index (χ4v) is 2.51. The smallest absolute Gasteiger partial charge is 0.258 e.